The molecule has 0 spiro atoms. The minimum atomic E-state index is 0.833. The highest BCUT2D eigenvalue weighted by Crippen LogP contribution is 2.16. The molecule has 0 bridgehead atoms. The number of anilines is 1. The number of hydrogen-bond donors (Lipinski definition) is 1. The molecule has 1 aromatic carbocycles. The molecule has 2 aromatic rings. The fourth-order valence-corrected chi connectivity index (χ4v) is 2.37. The van der Waals surface area contributed by atoms with Crippen LogP contribution >= 0.6 is 0 Å². The minimum absolute atomic E-state index is 0.833. The summed E-state index contributed by atoms with van der Waals surface area (Å²) in [7, 11) is 2.13. The monoisotopic (exact) mass is 283 g/mol. The van der Waals surface area contributed by atoms with Gasteiger partial charge in [-0.1, -0.05) is 36.8 Å². The molecule has 0 fully saturated rings. The maximum Gasteiger partial charge on any atom is 0.0562 e. The predicted molar refractivity (Wildman–Crippen MR) is 89.5 cm³/mol. The smallest absolute Gasteiger partial charge is 0.0562 e. The van der Waals surface area contributed by atoms with Crippen LogP contribution in [0.3, 0.4) is 0 Å². The molecule has 0 aliphatic heterocycles. The van der Waals surface area contributed by atoms with E-state index in [0.29, 0.717) is 0 Å². The number of hydrogen-bond acceptors (Lipinski definition) is 3. The summed E-state index contributed by atoms with van der Waals surface area (Å²) in [5, 5.41) is 3.39. The fraction of sp³-hybridized carbons (Fsp3) is 0.389. The van der Waals surface area contributed by atoms with Crippen molar-refractivity contribution in [1.82, 2.24) is 10.3 Å². The van der Waals surface area contributed by atoms with Gasteiger partial charge in [0.25, 0.3) is 0 Å². The Morgan fingerprint density at radius 2 is 2.05 bits per heavy atom. The van der Waals surface area contributed by atoms with Crippen molar-refractivity contribution < 1.29 is 0 Å². The van der Waals surface area contributed by atoms with E-state index in [-0.39, 0.29) is 0 Å². The highest BCUT2D eigenvalue weighted by molar-refractivity contribution is 5.46. The maximum atomic E-state index is 4.43. The average Bonchev–Trinajstić information content (AvgIpc) is 2.48. The number of pyridine rings is 1. The van der Waals surface area contributed by atoms with E-state index in [1.165, 1.54) is 16.8 Å². The van der Waals surface area contributed by atoms with Crippen LogP contribution in [0.5, 0.6) is 0 Å². The first-order chi connectivity index (χ1) is 10.2. The van der Waals surface area contributed by atoms with E-state index >= 15 is 0 Å². The lowest BCUT2D eigenvalue weighted by Gasteiger charge is -2.20. The zero-order valence-corrected chi connectivity index (χ0v) is 13.3. The lowest BCUT2D eigenvalue weighted by atomic mass is 10.1. The van der Waals surface area contributed by atoms with E-state index in [9.17, 15) is 0 Å². The normalized spacial score (nSPS) is 10.6. The lowest BCUT2D eigenvalue weighted by molar-refractivity contribution is 0.664. The second kappa shape index (κ2) is 7.79. The van der Waals surface area contributed by atoms with Gasteiger partial charge < -0.3 is 10.2 Å². The molecule has 2 rings (SSSR count). The van der Waals surface area contributed by atoms with Gasteiger partial charge in [0.2, 0.25) is 0 Å². The van der Waals surface area contributed by atoms with Crippen molar-refractivity contribution in [1.29, 1.82) is 0 Å². The van der Waals surface area contributed by atoms with Crippen molar-refractivity contribution in [3.8, 4) is 0 Å². The van der Waals surface area contributed by atoms with E-state index in [2.05, 4.69) is 72.5 Å². The Hall–Kier alpha value is -1.87. The Morgan fingerprint density at radius 3 is 2.81 bits per heavy atom. The van der Waals surface area contributed by atoms with Gasteiger partial charge in [0.15, 0.2) is 0 Å². The molecule has 0 atom stereocenters. The molecule has 0 amide bonds. The molecule has 0 radical (unpaired) electrons. The zero-order valence-electron chi connectivity index (χ0n) is 13.3. The van der Waals surface area contributed by atoms with Gasteiger partial charge in [0.05, 0.1) is 5.69 Å². The van der Waals surface area contributed by atoms with Crippen LogP contribution in [-0.4, -0.2) is 18.6 Å². The molecule has 0 unspecified atom stereocenters. The van der Waals surface area contributed by atoms with Gasteiger partial charge >= 0.3 is 0 Å². The first-order valence-corrected chi connectivity index (χ1v) is 7.61. The molecule has 1 N–H and O–H groups in total. The number of benzene rings is 1. The van der Waals surface area contributed by atoms with Crippen LogP contribution in [0.15, 0.2) is 42.6 Å². The summed E-state index contributed by atoms with van der Waals surface area (Å²) in [5.74, 6) is 0. The van der Waals surface area contributed by atoms with E-state index in [4.69, 9.17) is 0 Å². The Kier molecular flexibility index (Phi) is 5.76. The third-order valence-corrected chi connectivity index (χ3v) is 3.48. The predicted octanol–water partition coefficient (Wildman–Crippen LogP) is 3.53. The van der Waals surface area contributed by atoms with Crippen molar-refractivity contribution in [2.45, 2.75) is 33.4 Å². The molecule has 0 aliphatic carbocycles. The van der Waals surface area contributed by atoms with Crippen molar-refractivity contribution in [3.63, 3.8) is 0 Å². The van der Waals surface area contributed by atoms with Crippen LogP contribution in [0.4, 0.5) is 5.69 Å². The van der Waals surface area contributed by atoms with E-state index < -0.39 is 0 Å². The van der Waals surface area contributed by atoms with Gasteiger partial charge in [-0.15, -0.1) is 0 Å². The topological polar surface area (TPSA) is 28.2 Å². The largest absolute Gasteiger partial charge is 0.370 e. The number of nitrogens with zero attached hydrogens (tertiary/aromatic N) is 2. The van der Waals surface area contributed by atoms with E-state index in [1.807, 2.05) is 6.20 Å². The Labute approximate surface area is 128 Å². The summed E-state index contributed by atoms with van der Waals surface area (Å²) in [5.41, 5.74) is 4.94. The van der Waals surface area contributed by atoms with Gasteiger partial charge in [0.1, 0.15) is 0 Å². The van der Waals surface area contributed by atoms with Gasteiger partial charge in [0, 0.05) is 32.0 Å². The first kappa shape index (κ1) is 15.5. The zero-order chi connectivity index (χ0) is 15.1. The van der Waals surface area contributed by atoms with Gasteiger partial charge in [-0.3, -0.25) is 4.98 Å². The molecule has 0 saturated heterocycles. The minimum Gasteiger partial charge on any atom is -0.370 e. The summed E-state index contributed by atoms with van der Waals surface area (Å²) < 4.78 is 0. The second-order valence-electron chi connectivity index (χ2n) is 5.53. The van der Waals surface area contributed by atoms with Crippen molar-refractivity contribution in [2.24, 2.45) is 0 Å². The molecule has 3 nitrogen and oxygen atoms in total. The Morgan fingerprint density at radius 1 is 1.19 bits per heavy atom. The molecule has 0 saturated carbocycles. The third kappa shape index (κ3) is 4.87. The van der Waals surface area contributed by atoms with Crippen molar-refractivity contribution in [2.75, 3.05) is 18.5 Å². The summed E-state index contributed by atoms with van der Waals surface area (Å²) in [6.07, 6.45) is 3.04. The highest BCUT2D eigenvalue weighted by Gasteiger charge is 2.04. The Balaban J connectivity index is 2.01. The fourth-order valence-electron chi connectivity index (χ4n) is 2.37. The molecule has 1 heterocycles. The number of nitrogens with one attached hydrogen (secondary N) is 1. The molecule has 1 aromatic heterocycles. The molecular weight excluding hydrogens is 258 g/mol. The summed E-state index contributed by atoms with van der Waals surface area (Å²) in [4.78, 5) is 6.69. The van der Waals surface area contributed by atoms with Crippen LogP contribution in [0, 0.1) is 6.92 Å². The molecule has 21 heavy (non-hydrogen) atoms. The van der Waals surface area contributed by atoms with Crippen LogP contribution < -0.4 is 10.2 Å². The van der Waals surface area contributed by atoms with Crippen molar-refractivity contribution in [3.05, 3.63) is 59.4 Å². The molecular formula is C18H25N3. The highest BCUT2D eigenvalue weighted by atomic mass is 15.1. The van der Waals surface area contributed by atoms with Crippen molar-refractivity contribution >= 4 is 5.69 Å². The van der Waals surface area contributed by atoms with E-state index in [1.54, 1.807) is 0 Å². The molecule has 3 heteroatoms. The van der Waals surface area contributed by atoms with Crippen LogP contribution in [0.2, 0.25) is 0 Å². The standard InChI is InChI=1S/C18H25N3/c1-4-9-19-13-17-12-18(8-10-20-17)21(3)14-16-7-5-6-15(2)11-16/h5-8,10-12,19H,4,9,13-14H2,1-3H3. The number of rotatable bonds is 7. The van der Waals surface area contributed by atoms with Crippen LogP contribution in [-0.2, 0) is 13.1 Å². The third-order valence-electron chi connectivity index (χ3n) is 3.48. The SMILES string of the molecule is CCCNCc1cc(N(C)Cc2cccc(C)c2)ccn1. The molecule has 0 aliphatic rings. The Bertz CT molecular complexity index is 566. The molecule has 112 valence electrons. The van der Waals surface area contributed by atoms with Crippen LogP contribution in [0.25, 0.3) is 0 Å². The maximum absolute atomic E-state index is 4.43. The van der Waals surface area contributed by atoms with Gasteiger partial charge in [-0.25, -0.2) is 0 Å². The second-order valence-corrected chi connectivity index (χ2v) is 5.53. The summed E-state index contributed by atoms with van der Waals surface area (Å²) in [6.45, 7) is 7.08. The first-order valence-electron chi connectivity index (χ1n) is 7.61. The van der Waals surface area contributed by atoms with Gasteiger partial charge in [-0.05, 0) is 37.6 Å². The average molecular weight is 283 g/mol. The quantitative estimate of drug-likeness (QED) is 0.788. The number of aryl methyl sites for hydroxylation is 1. The van der Waals surface area contributed by atoms with Gasteiger partial charge in [-0.2, -0.15) is 0 Å². The lowest BCUT2D eigenvalue weighted by Crippen LogP contribution is -2.18. The van der Waals surface area contributed by atoms with Crippen LogP contribution in [0.1, 0.15) is 30.2 Å². The summed E-state index contributed by atoms with van der Waals surface area (Å²) in [6, 6.07) is 12.9. The summed E-state index contributed by atoms with van der Waals surface area (Å²) >= 11 is 0. The number of aromatic nitrogens is 1. The van der Waals surface area contributed by atoms with E-state index in [0.717, 1.165) is 31.7 Å².